The Hall–Kier alpha value is -2.54. The number of hydrogen-bond acceptors (Lipinski definition) is 4. The van der Waals surface area contributed by atoms with Gasteiger partial charge in [-0.3, -0.25) is 19.3 Å². The molecule has 0 spiro atoms. The molecule has 0 aliphatic rings. The lowest BCUT2D eigenvalue weighted by molar-refractivity contribution is 0.413. The zero-order chi connectivity index (χ0) is 15.4. The molecule has 0 saturated carbocycles. The first kappa shape index (κ1) is 14.9. The minimum Gasteiger partial charge on any atom is -0.494 e. The van der Waals surface area contributed by atoms with Crippen molar-refractivity contribution < 1.29 is 9.50 Å². The fourth-order valence-electron chi connectivity index (χ4n) is 1.69. The van der Waals surface area contributed by atoms with E-state index in [0.717, 1.165) is 6.21 Å². The van der Waals surface area contributed by atoms with Crippen LogP contribution >= 0.6 is 12.2 Å². The first-order valence-corrected chi connectivity index (χ1v) is 6.40. The summed E-state index contributed by atoms with van der Waals surface area (Å²) < 4.78 is 14.4. The maximum atomic E-state index is 13.0. The standard InChI is InChI=1S/C14H12FN3O2S/c1-2-6-18-13(20)11(12(19)17-14(18)21)8-16-10-5-3-4-9(15)7-10/h2-5,7-8,20H,1,6H2,(H,17,19,21). The van der Waals surface area contributed by atoms with Gasteiger partial charge in [-0.2, -0.15) is 0 Å². The van der Waals surface area contributed by atoms with Crippen molar-refractivity contribution >= 4 is 24.1 Å². The highest BCUT2D eigenvalue weighted by Crippen LogP contribution is 2.15. The van der Waals surface area contributed by atoms with E-state index in [2.05, 4.69) is 16.6 Å². The lowest BCUT2D eigenvalue weighted by Crippen LogP contribution is -2.18. The predicted octanol–water partition coefficient (Wildman–Crippen LogP) is 2.69. The van der Waals surface area contributed by atoms with Gasteiger partial charge in [0.2, 0.25) is 5.88 Å². The molecule has 0 saturated heterocycles. The minimum absolute atomic E-state index is 0.0605. The highest BCUT2D eigenvalue weighted by Gasteiger charge is 2.09. The summed E-state index contributed by atoms with van der Waals surface area (Å²) >= 11 is 4.95. The molecule has 1 aromatic heterocycles. The van der Waals surface area contributed by atoms with Gasteiger partial charge in [-0.25, -0.2) is 4.39 Å². The van der Waals surface area contributed by atoms with Crippen LogP contribution in [0.25, 0.3) is 0 Å². The Bertz CT molecular complexity index is 824. The number of aromatic hydroxyl groups is 1. The van der Waals surface area contributed by atoms with E-state index in [1.54, 1.807) is 6.07 Å². The molecule has 0 unspecified atom stereocenters. The van der Waals surface area contributed by atoms with Gasteiger partial charge < -0.3 is 5.11 Å². The largest absolute Gasteiger partial charge is 0.494 e. The summed E-state index contributed by atoms with van der Waals surface area (Å²) in [7, 11) is 0. The zero-order valence-electron chi connectivity index (χ0n) is 10.9. The van der Waals surface area contributed by atoms with Crippen molar-refractivity contribution in [3.8, 4) is 5.88 Å². The van der Waals surface area contributed by atoms with Crippen LogP contribution < -0.4 is 5.56 Å². The van der Waals surface area contributed by atoms with Crippen LogP contribution in [0.3, 0.4) is 0 Å². The van der Waals surface area contributed by atoms with Crippen molar-refractivity contribution in [3.05, 3.63) is 63.4 Å². The summed E-state index contributed by atoms with van der Waals surface area (Å²) in [4.78, 5) is 18.2. The summed E-state index contributed by atoms with van der Waals surface area (Å²) in [5.74, 6) is -0.755. The van der Waals surface area contributed by atoms with Crippen LogP contribution in [-0.4, -0.2) is 20.9 Å². The van der Waals surface area contributed by atoms with Gasteiger partial charge in [0.25, 0.3) is 5.56 Å². The number of aromatic amines is 1. The zero-order valence-corrected chi connectivity index (χ0v) is 11.7. The van der Waals surface area contributed by atoms with Gasteiger partial charge in [-0.05, 0) is 30.4 Å². The van der Waals surface area contributed by atoms with Gasteiger partial charge in [0.1, 0.15) is 11.4 Å². The lowest BCUT2D eigenvalue weighted by atomic mass is 10.3. The molecular formula is C14H12FN3O2S. The smallest absolute Gasteiger partial charge is 0.264 e. The molecule has 0 atom stereocenters. The van der Waals surface area contributed by atoms with Gasteiger partial charge in [-0.1, -0.05) is 12.1 Å². The Balaban J connectivity index is 2.49. The van der Waals surface area contributed by atoms with Crippen molar-refractivity contribution in [1.29, 1.82) is 0 Å². The quantitative estimate of drug-likeness (QED) is 0.518. The highest BCUT2D eigenvalue weighted by molar-refractivity contribution is 7.71. The average molecular weight is 305 g/mol. The van der Waals surface area contributed by atoms with Crippen molar-refractivity contribution in [2.75, 3.05) is 0 Å². The first-order chi connectivity index (χ1) is 10.0. The van der Waals surface area contributed by atoms with Gasteiger partial charge in [0.15, 0.2) is 4.77 Å². The number of H-pyrrole nitrogens is 1. The second-order valence-electron chi connectivity index (χ2n) is 4.13. The van der Waals surface area contributed by atoms with Crippen molar-refractivity contribution in [1.82, 2.24) is 9.55 Å². The van der Waals surface area contributed by atoms with Gasteiger partial charge in [0.05, 0.1) is 5.69 Å². The average Bonchev–Trinajstić information content (AvgIpc) is 2.43. The third kappa shape index (κ3) is 3.32. The van der Waals surface area contributed by atoms with E-state index in [4.69, 9.17) is 12.2 Å². The molecule has 0 amide bonds. The molecule has 5 nitrogen and oxygen atoms in total. The van der Waals surface area contributed by atoms with Crippen molar-refractivity contribution in [2.45, 2.75) is 6.54 Å². The molecule has 108 valence electrons. The van der Waals surface area contributed by atoms with Crippen molar-refractivity contribution in [2.24, 2.45) is 4.99 Å². The first-order valence-electron chi connectivity index (χ1n) is 5.99. The molecule has 2 rings (SSSR count). The number of nitrogens with one attached hydrogen (secondary N) is 1. The van der Waals surface area contributed by atoms with Crippen LogP contribution in [0.5, 0.6) is 5.88 Å². The van der Waals surface area contributed by atoms with E-state index in [9.17, 15) is 14.3 Å². The maximum absolute atomic E-state index is 13.0. The molecule has 0 bridgehead atoms. The number of nitrogens with zero attached hydrogens (tertiary/aromatic N) is 2. The fraction of sp³-hybridized carbons (Fsp3) is 0.0714. The molecule has 7 heteroatoms. The van der Waals surface area contributed by atoms with E-state index < -0.39 is 11.4 Å². The van der Waals surface area contributed by atoms with Crippen LogP contribution in [-0.2, 0) is 6.54 Å². The molecule has 2 aromatic rings. The normalized spacial score (nSPS) is 10.9. The Morgan fingerprint density at radius 1 is 1.52 bits per heavy atom. The van der Waals surface area contributed by atoms with Crippen LogP contribution in [0, 0.1) is 10.6 Å². The van der Waals surface area contributed by atoms with Crippen LogP contribution in [0.1, 0.15) is 5.56 Å². The minimum atomic E-state index is -0.571. The summed E-state index contributed by atoms with van der Waals surface area (Å²) in [5, 5.41) is 10.1. The van der Waals surface area contributed by atoms with E-state index in [-0.39, 0.29) is 22.8 Å². The van der Waals surface area contributed by atoms with Crippen molar-refractivity contribution in [3.63, 3.8) is 0 Å². The van der Waals surface area contributed by atoms with Crippen LogP contribution in [0.4, 0.5) is 10.1 Å². The number of aliphatic imine (C=N–C) groups is 1. The summed E-state index contributed by atoms with van der Waals surface area (Å²) in [6.07, 6.45) is 2.69. The Morgan fingerprint density at radius 2 is 2.29 bits per heavy atom. The van der Waals surface area contributed by atoms with E-state index in [1.807, 2.05) is 0 Å². The third-order valence-corrected chi connectivity index (χ3v) is 2.99. The van der Waals surface area contributed by atoms with E-state index >= 15 is 0 Å². The lowest BCUT2D eigenvalue weighted by Gasteiger charge is -2.08. The SMILES string of the molecule is C=CCn1c(O)c(C=Nc2cccc(F)c2)c(=O)[nH]c1=S. The number of allylic oxidation sites excluding steroid dienone is 1. The second kappa shape index (κ2) is 6.27. The molecule has 1 heterocycles. The summed E-state index contributed by atoms with van der Waals surface area (Å²) in [6.45, 7) is 3.79. The molecule has 0 fully saturated rings. The number of halogens is 1. The topological polar surface area (TPSA) is 70.4 Å². The number of aromatic nitrogens is 2. The van der Waals surface area contributed by atoms with Gasteiger partial charge in [0, 0.05) is 12.8 Å². The van der Waals surface area contributed by atoms with Gasteiger partial charge >= 0.3 is 0 Å². The molecular weight excluding hydrogens is 293 g/mol. The molecule has 0 radical (unpaired) electrons. The van der Waals surface area contributed by atoms with Crippen LogP contribution in [0.2, 0.25) is 0 Å². The summed E-state index contributed by atoms with van der Waals surface area (Å²) in [5.41, 5.74) is -0.306. The molecule has 0 aliphatic heterocycles. The van der Waals surface area contributed by atoms with Crippen LogP contribution in [0.15, 0.2) is 46.7 Å². The highest BCUT2D eigenvalue weighted by atomic mass is 32.1. The van der Waals surface area contributed by atoms with E-state index in [1.165, 1.54) is 28.8 Å². The number of benzene rings is 1. The summed E-state index contributed by atoms with van der Waals surface area (Å²) in [6, 6.07) is 5.56. The molecule has 0 aliphatic carbocycles. The van der Waals surface area contributed by atoms with E-state index in [0.29, 0.717) is 5.69 Å². The molecule has 1 aromatic carbocycles. The maximum Gasteiger partial charge on any atom is 0.264 e. The predicted molar refractivity (Wildman–Crippen MR) is 81.4 cm³/mol. The molecule has 21 heavy (non-hydrogen) atoms. The Morgan fingerprint density at radius 3 is 2.95 bits per heavy atom. The number of hydrogen-bond donors (Lipinski definition) is 2. The molecule has 2 N–H and O–H groups in total. The monoisotopic (exact) mass is 305 g/mol. The Labute approximate surface area is 124 Å². The number of rotatable bonds is 4. The third-order valence-electron chi connectivity index (χ3n) is 2.67. The fourth-order valence-corrected chi connectivity index (χ4v) is 1.94. The van der Waals surface area contributed by atoms with Gasteiger partial charge in [-0.15, -0.1) is 6.58 Å². The second-order valence-corrected chi connectivity index (χ2v) is 4.52. The Kier molecular flexibility index (Phi) is 4.44.